The standard InChI is InChI=1S/C30H43N7O4/c1-5-25-29(39)34(4)26-20-31-30(33-28(26)37(25)22-9-7-8-10-22)32-24-19-23(36-15-13-35(6-2)14-16-36)11-12-27(24)41-18-17-40-21(3)38/h11-12,19-20,22,25H,5-10,13-18H2,1-4H3,(H,31,32,33)/t25-/m1/s1. The number of likely N-dealkylation sites (N-methyl/N-ethyl adjacent to an activating group) is 2. The summed E-state index contributed by atoms with van der Waals surface area (Å²) >= 11 is 0. The number of fused-ring (bicyclic) bond motifs is 1. The van der Waals surface area contributed by atoms with Crippen LogP contribution in [-0.4, -0.2) is 91.8 Å². The first kappa shape index (κ1) is 28.9. The minimum absolute atomic E-state index is 0.0931. The van der Waals surface area contributed by atoms with E-state index in [4.69, 9.17) is 14.5 Å². The molecule has 1 atom stereocenters. The summed E-state index contributed by atoms with van der Waals surface area (Å²) in [4.78, 5) is 42.9. The van der Waals surface area contributed by atoms with Crippen LogP contribution in [-0.2, 0) is 14.3 Å². The van der Waals surface area contributed by atoms with Crippen molar-refractivity contribution in [1.29, 1.82) is 0 Å². The van der Waals surface area contributed by atoms with Gasteiger partial charge in [-0.05, 0) is 44.0 Å². The average molecular weight is 566 g/mol. The summed E-state index contributed by atoms with van der Waals surface area (Å²) in [6.45, 7) is 11.0. The molecule has 41 heavy (non-hydrogen) atoms. The lowest BCUT2D eigenvalue weighted by Gasteiger charge is -2.43. The number of benzene rings is 1. The van der Waals surface area contributed by atoms with Gasteiger partial charge in [0.2, 0.25) is 11.9 Å². The molecule has 1 aliphatic carbocycles. The third-order valence-corrected chi connectivity index (χ3v) is 8.45. The van der Waals surface area contributed by atoms with Gasteiger partial charge in [0.05, 0.1) is 11.9 Å². The number of anilines is 5. The first-order chi connectivity index (χ1) is 19.9. The third kappa shape index (κ3) is 6.34. The Morgan fingerprint density at radius 3 is 2.54 bits per heavy atom. The molecule has 0 unspecified atom stereocenters. The van der Waals surface area contributed by atoms with Crippen LogP contribution < -0.4 is 24.8 Å². The minimum atomic E-state index is -0.336. The number of carbonyl (C=O) groups is 2. The molecule has 1 saturated heterocycles. The molecule has 2 aliphatic heterocycles. The van der Waals surface area contributed by atoms with Gasteiger partial charge in [-0.3, -0.25) is 9.59 Å². The van der Waals surface area contributed by atoms with Crippen molar-refractivity contribution < 1.29 is 19.1 Å². The molecule has 11 heteroatoms. The molecule has 1 saturated carbocycles. The third-order valence-electron chi connectivity index (χ3n) is 8.45. The number of rotatable bonds is 10. The number of amides is 1. The van der Waals surface area contributed by atoms with Crippen LogP contribution in [0.1, 0.15) is 52.9 Å². The summed E-state index contributed by atoms with van der Waals surface area (Å²) in [6, 6.07) is 6.15. The summed E-state index contributed by atoms with van der Waals surface area (Å²) in [5.74, 6) is 1.63. The van der Waals surface area contributed by atoms with E-state index in [0.29, 0.717) is 17.7 Å². The number of ether oxygens (including phenoxy) is 2. The van der Waals surface area contributed by atoms with Gasteiger partial charge in [0.15, 0.2) is 5.82 Å². The smallest absolute Gasteiger partial charge is 0.302 e. The van der Waals surface area contributed by atoms with Crippen molar-refractivity contribution in [3.63, 3.8) is 0 Å². The van der Waals surface area contributed by atoms with Gasteiger partial charge in [-0.15, -0.1) is 0 Å². The molecule has 3 aliphatic rings. The molecule has 2 aromatic rings. The van der Waals surface area contributed by atoms with E-state index in [-0.39, 0.29) is 31.1 Å². The predicted octanol–water partition coefficient (Wildman–Crippen LogP) is 3.81. The average Bonchev–Trinajstić information content (AvgIpc) is 3.52. The summed E-state index contributed by atoms with van der Waals surface area (Å²) in [7, 11) is 1.81. The maximum Gasteiger partial charge on any atom is 0.302 e. The Morgan fingerprint density at radius 1 is 1.10 bits per heavy atom. The van der Waals surface area contributed by atoms with E-state index < -0.39 is 0 Å². The second-order valence-corrected chi connectivity index (χ2v) is 11.0. The highest BCUT2D eigenvalue weighted by molar-refractivity contribution is 6.04. The molecule has 0 bridgehead atoms. The van der Waals surface area contributed by atoms with Crippen LogP contribution in [0.2, 0.25) is 0 Å². The fraction of sp³-hybridized carbons (Fsp3) is 0.600. The highest BCUT2D eigenvalue weighted by Gasteiger charge is 2.41. The van der Waals surface area contributed by atoms with Crippen LogP contribution >= 0.6 is 0 Å². The van der Waals surface area contributed by atoms with Gasteiger partial charge in [-0.2, -0.15) is 4.98 Å². The highest BCUT2D eigenvalue weighted by Crippen LogP contribution is 2.40. The molecule has 1 aromatic heterocycles. The van der Waals surface area contributed by atoms with Crippen LogP contribution in [0.5, 0.6) is 5.75 Å². The molecule has 1 N–H and O–H groups in total. The molecule has 5 rings (SSSR count). The van der Waals surface area contributed by atoms with E-state index in [9.17, 15) is 9.59 Å². The van der Waals surface area contributed by atoms with Gasteiger partial charge in [-0.1, -0.05) is 26.7 Å². The maximum atomic E-state index is 13.3. The van der Waals surface area contributed by atoms with Gasteiger partial charge >= 0.3 is 5.97 Å². The van der Waals surface area contributed by atoms with Crippen LogP contribution in [0.3, 0.4) is 0 Å². The molecule has 11 nitrogen and oxygen atoms in total. The molecular formula is C30H43N7O4. The Kier molecular flexibility index (Phi) is 9.12. The molecule has 2 fully saturated rings. The SMILES string of the molecule is CC[C@@H]1C(=O)N(C)c2cnc(Nc3cc(N4CCN(CC)CC4)ccc3OCCOC(C)=O)nc2N1C1CCCC1. The van der Waals surface area contributed by atoms with Crippen LogP contribution in [0.4, 0.5) is 28.8 Å². The van der Waals surface area contributed by atoms with Gasteiger partial charge in [0.25, 0.3) is 0 Å². The number of piperazine rings is 1. The lowest BCUT2D eigenvalue weighted by molar-refractivity contribution is -0.141. The lowest BCUT2D eigenvalue weighted by atomic mass is 10.0. The zero-order chi connectivity index (χ0) is 28.9. The van der Waals surface area contributed by atoms with E-state index in [1.807, 2.05) is 13.1 Å². The van der Waals surface area contributed by atoms with E-state index in [2.05, 4.69) is 51.0 Å². The molecular weight excluding hydrogens is 522 g/mol. The number of nitrogens with one attached hydrogen (secondary N) is 1. The lowest BCUT2D eigenvalue weighted by Crippen LogP contribution is -2.55. The Labute approximate surface area is 242 Å². The number of carbonyl (C=O) groups excluding carboxylic acids is 2. The monoisotopic (exact) mass is 565 g/mol. The number of esters is 1. The van der Waals surface area contributed by atoms with Crippen molar-refractivity contribution in [2.45, 2.75) is 65.0 Å². The largest absolute Gasteiger partial charge is 0.488 e. The van der Waals surface area contributed by atoms with E-state index in [0.717, 1.165) is 74.9 Å². The molecule has 0 spiro atoms. The predicted molar refractivity (Wildman–Crippen MR) is 160 cm³/mol. The Balaban J connectivity index is 1.44. The van der Waals surface area contributed by atoms with Crippen LogP contribution in [0.25, 0.3) is 0 Å². The van der Waals surface area contributed by atoms with Gasteiger partial charge < -0.3 is 34.4 Å². The summed E-state index contributed by atoms with van der Waals surface area (Å²) in [5, 5.41) is 3.42. The van der Waals surface area contributed by atoms with Crippen molar-refractivity contribution in [3.05, 3.63) is 24.4 Å². The normalized spacial score (nSPS) is 19.9. The molecule has 0 radical (unpaired) electrons. The van der Waals surface area contributed by atoms with Crippen LogP contribution in [0.15, 0.2) is 24.4 Å². The highest BCUT2D eigenvalue weighted by atomic mass is 16.6. The van der Waals surface area contributed by atoms with E-state index in [1.54, 1.807) is 11.1 Å². The first-order valence-electron chi connectivity index (χ1n) is 15.0. The zero-order valence-electron chi connectivity index (χ0n) is 24.8. The Hall–Kier alpha value is -3.60. The second-order valence-electron chi connectivity index (χ2n) is 11.0. The van der Waals surface area contributed by atoms with Gasteiger partial charge in [-0.25, -0.2) is 4.98 Å². The first-order valence-corrected chi connectivity index (χ1v) is 15.0. The van der Waals surface area contributed by atoms with E-state index >= 15 is 0 Å². The fourth-order valence-corrected chi connectivity index (χ4v) is 6.16. The van der Waals surface area contributed by atoms with Crippen LogP contribution in [0, 0.1) is 0 Å². The number of nitrogens with zero attached hydrogens (tertiary/aromatic N) is 6. The fourth-order valence-electron chi connectivity index (χ4n) is 6.16. The number of aromatic nitrogens is 2. The quantitative estimate of drug-likeness (QED) is 0.338. The van der Waals surface area contributed by atoms with Crippen molar-refractivity contribution in [1.82, 2.24) is 14.9 Å². The minimum Gasteiger partial charge on any atom is -0.488 e. The van der Waals surface area contributed by atoms with Crippen molar-refractivity contribution in [2.24, 2.45) is 0 Å². The topological polar surface area (TPSA) is 103 Å². The van der Waals surface area contributed by atoms with Gasteiger partial charge in [0, 0.05) is 51.9 Å². The Morgan fingerprint density at radius 2 is 1.85 bits per heavy atom. The summed E-state index contributed by atoms with van der Waals surface area (Å²) < 4.78 is 11.1. The van der Waals surface area contributed by atoms with E-state index in [1.165, 1.54) is 19.8 Å². The molecule has 1 aromatic carbocycles. The molecule has 3 heterocycles. The Bertz CT molecular complexity index is 1230. The molecule has 222 valence electrons. The summed E-state index contributed by atoms with van der Waals surface area (Å²) in [5.41, 5.74) is 2.57. The van der Waals surface area contributed by atoms with Gasteiger partial charge in [0.1, 0.15) is 30.7 Å². The summed E-state index contributed by atoms with van der Waals surface area (Å²) in [6.07, 6.45) is 6.92. The maximum absolute atomic E-state index is 13.3. The second kappa shape index (κ2) is 12.9. The molecule has 1 amide bonds. The zero-order valence-corrected chi connectivity index (χ0v) is 24.8. The van der Waals surface area contributed by atoms with Crippen molar-refractivity contribution >= 4 is 40.7 Å². The van der Waals surface area contributed by atoms with Crippen molar-refractivity contribution in [3.8, 4) is 5.75 Å². The number of hydrogen-bond acceptors (Lipinski definition) is 10. The number of hydrogen-bond donors (Lipinski definition) is 1. The van der Waals surface area contributed by atoms with Crippen molar-refractivity contribution in [2.75, 3.05) is 73.0 Å².